The minimum Gasteiger partial charge on any atom is -0.324 e. The summed E-state index contributed by atoms with van der Waals surface area (Å²) in [5.41, 5.74) is 6.95. The third-order valence-electron chi connectivity index (χ3n) is 3.35. The van der Waals surface area contributed by atoms with Crippen molar-refractivity contribution >= 4 is 0 Å². The van der Waals surface area contributed by atoms with Crippen LogP contribution in [0.25, 0.3) is 0 Å². The van der Waals surface area contributed by atoms with E-state index in [0.29, 0.717) is 5.92 Å². The van der Waals surface area contributed by atoms with E-state index in [-0.39, 0.29) is 11.9 Å². The van der Waals surface area contributed by atoms with E-state index in [2.05, 4.69) is 11.9 Å². The lowest BCUT2D eigenvalue weighted by atomic mass is 9.93. The zero-order valence-corrected chi connectivity index (χ0v) is 8.99. The first-order valence-corrected chi connectivity index (χ1v) is 5.53. The van der Waals surface area contributed by atoms with Gasteiger partial charge in [-0.25, -0.2) is 4.39 Å². The van der Waals surface area contributed by atoms with E-state index in [1.807, 2.05) is 0 Å². The highest BCUT2D eigenvalue weighted by atomic mass is 19.1. The van der Waals surface area contributed by atoms with Gasteiger partial charge in [0.25, 0.3) is 0 Å². The molecular formula is C12H17FN2. The van der Waals surface area contributed by atoms with E-state index in [4.69, 9.17) is 5.73 Å². The Morgan fingerprint density at radius 3 is 2.87 bits per heavy atom. The third kappa shape index (κ3) is 2.34. The first-order valence-electron chi connectivity index (χ1n) is 5.53. The molecule has 0 aliphatic heterocycles. The van der Waals surface area contributed by atoms with Crippen molar-refractivity contribution in [1.29, 1.82) is 0 Å². The van der Waals surface area contributed by atoms with Crippen LogP contribution in [0.3, 0.4) is 0 Å². The fraction of sp³-hybridized carbons (Fsp3) is 0.583. The normalized spacial score (nSPS) is 27.9. The standard InChI is InChI=1S/C12H17FN2/c1-8-2-3-9(4-8)12(14)10-5-11(13)7-15-6-10/h5-9,12H,2-4,14H2,1H3. The second kappa shape index (κ2) is 4.27. The van der Waals surface area contributed by atoms with Gasteiger partial charge in [-0.3, -0.25) is 4.98 Å². The monoisotopic (exact) mass is 208 g/mol. The molecule has 15 heavy (non-hydrogen) atoms. The van der Waals surface area contributed by atoms with Crippen molar-refractivity contribution in [2.45, 2.75) is 32.2 Å². The van der Waals surface area contributed by atoms with Crippen molar-refractivity contribution in [2.24, 2.45) is 17.6 Å². The van der Waals surface area contributed by atoms with Crippen LogP contribution >= 0.6 is 0 Å². The maximum Gasteiger partial charge on any atom is 0.141 e. The van der Waals surface area contributed by atoms with Crippen molar-refractivity contribution < 1.29 is 4.39 Å². The van der Waals surface area contributed by atoms with Crippen molar-refractivity contribution in [3.8, 4) is 0 Å². The second-order valence-corrected chi connectivity index (χ2v) is 4.64. The van der Waals surface area contributed by atoms with Gasteiger partial charge in [0, 0.05) is 12.2 Å². The van der Waals surface area contributed by atoms with E-state index in [1.165, 1.54) is 18.7 Å². The van der Waals surface area contributed by atoms with Crippen LogP contribution in [0, 0.1) is 17.7 Å². The Kier molecular flexibility index (Phi) is 3.00. The molecule has 1 aliphatic rings. The maximum atomic E-state index is 13.0. The second-order valence-electron chi connectivity index (χ2n) is 4.64. The molecule has 0 aromatic carbocycles. The Hall–Kier alpha value is -0.960. The number of hydrogen-bond acceptors (Lipinski definition) is 2. The van der Waals surface area contributed by atoms with Gasteiger partial charge in [-0.2, -0.15) is 0 Å². The van der Waals surface area contributed by atoms with E-state index in [1.54, 1.807) is 6.20 Å². The molecule has 1 aromatic heterocycles. The largest absolute Gasteiger partial charge is 0.324 e. The summed E-state index contributed by atoms with van der Waals surface area (Å²) in [4.78, 5) is 3.84. The zero-order valence-electron chi connectivity index (χ0n) is 8.99. The Bertz CT molecular complexity index is 340. The Balaban J connectivity index is 2.10. The average molecular weight is 208 g/mol. The number of nitrogens with two attached hydrogens (primary N) is 1. The summed E-state index contributed by atoms with van der Waals surface area (Å²) in [7, 11) is 0. The van der Waals surface area contributed by atoms with Crippen LogP contribution in [0.2, 0.25) is 0 Å². The van der Waals surface area contributed by atoms with E-state index in [0.717, 1.165) is 24.3 Å². The lowest BCUT2D eigenvalue weighted by Gasteiger charge is -2.19. The van der Waals surface area contributed by atoms with Crippen LogP contribution in [0.4, 0.5) is 4.39 Å². The van der Waals surface area contributed by atoms with E-state index in [9.17, 15) is 4.39 Å². The molecule has 1 saturated carbocycles. The summed E-state index contributed by atoms with van der Waals surface area (Å²) < 4.78 is 13.0. The molecule has 82 valence electrons. The van der Waals surface area contributed by atoms with Crippen molar-refractivity contribution in [3.05, 3.63) is 29.8 Å². The molecule has 1 aliphatic carbocycles. The van der Waals surface area contributed by atoms with E-state index < -0.39 is 0 Å². The highest BCUT2D eigenvalue weighted by Gasteiger charge is 2.27. The molecule has 0 amide bonds. The van der Waals surface area contributed by atoms with Crippen LogP contribution in [0.1, 0.15) is 37.8 Å². The molecule has 2 rings (SSSR count). The van der Waals surface area contributed by atoms with Crippen molar-refractivity contribution in [2.75, 3.05) is 0 Å². The van der Waals surface area contributed by atoms with Crippen molar-refractivity contribution in [3.63, 3.8) is 0 Å². The van der Waals surface area contributed by atoms with Crippen LogP contribution in [0.15, 0.2) is 18.5 Å². The predicted octanol–water partition coefficient (Wildman–Crippen LogP) is 2.66. The first-order chi connectivity index (χ1) is 7.16. The molecule has 3 atom stereocenters. The number of pyridine rings is 1. The van der Waals surface area contributed by atoms with Gasteiger partial charge in [-0.1, -0.05) is 13.3 Å². The van der Waals surface area contributed by atoms with Crippen molar-refractivity contribution in [1.82, 2.24) is 4.98 Å². The molecule has 2 N–H and O–H groups in total. The van der Waals surface area contributed by atoms with Gasteiger partial charge in [0.15, 0.2) is 0 Å². The number of aromatic nitrogens is 1. The molecular weight excluding hydrogens is 191 g/mol. The quantitative estimate of drug-likeness (QED) is 0.811. The van der Waals surface area contributed by atoms with Gasteiger partial charge in [0.1, 0.15) is 5.82 Å². The first kappa shape index (κ1) is 10.6. The molecule has 3 heteroatoms. The fourth-order valence-electron chi connectivity index (χ4n) is 2.46. The Morgan fingerprint density at radius 1 is 1.47 bits per heavy atom. The minimum absolute atomic E-state index is 0.0573. The summed E-state index contributed by atoms with van der Waals surface area (Å²) in [6, 6.07) is 1.44. The van der Waals surface area contributed by atoms with Gasteiger partial charge in [0.2, 0.25) is 0 Å². The third-order valence-corrected chi connectivity index (χ3v) is 3.35. The van der Waals surface area contributed by atoms with Crippen LogP contribution in [-0.4, -0.2) is 4.98 Å². The highest BCUT2D eigenvalue weighted by Crippen LogP contribution is 2.37. The predicted molar refractivity (Wildman–Crippen MR) is 57.6 cm³/mol. The number of nitrogens with zero attached hydrogens (tertiary/aromatic N) is 1. The molecule has 1 aromatic rings. The lowest BCUT2D eigenvalue weighted by Crippen LogP contribution is -2.19. The van der Waals surface area contributed by atoms with E-state index >= 15 is 0 Å². The fourth-order valence-corrected chi connectivity index (χ4v) is 2.46. The molecule has 0 spiro atoms. The SMILES string of the molecule is CC1CCC(C(N)c2cncc(F)c2)C1. The zero-order chi connectivity index (χ0) is 10.8. The molecule has 0 bridgehead atoms. The highest BCUT2D eigenvalue weighted by molar-refractivity contribution is 5.16. The van der Waals surface area contributed by atoms with Crippen LogP contribution < -0.4 is 5.73 Å². The number of halogens is 1. The topological polar surface area (TPSA) is 38.9 Å². The van der Waals surface area contributed by atoms with Gasteiger partial charge in [-0.15, -0.1) is 0 Å². The summed E-state index contributed by atoms with van der Waals surface area (Å²) in [6.07, 6.45) is 6.43. The molecule has 2 nitrogen and oxygen atoms in total. The van der Waals surface area contributed by atoms with Gasteiger partial charge < -0.3 is 5.73 Å². The molecule has 0 saturated heterocycles. The number of hydrogen-bond donors (Lipinski definition) is 1. The summed E-state index contributed by atoms with van der Waals surface area (Å²) >= 11 is 0. The Labute approximate surface area is 89.7 Å². The van der Waals surface area contributed by atoms with Crippen LogP contribution in [-0.2, 0) is 0 Å². The van der Waals surface area contributed by atoms with Crippen LogP contribution in [0.5, 0.6) is 0 Å². The summed E-state index contributed by atoms with van der Waals surface area (Å²) in [5.74, 6) is 0.945. The summed E-state index contributed by atoms with van der Waals surface area (Å²) in [5, 5.41) is 0. The minimum atomic E-state index is -0.297. The Morgan fingerprint density at radius 2 is 2.27 bits per heavy atom. The molecule has 1 fully saturated rings. The molecule has 3 unspecified atom stereocenters. The molecule has 0 radical (unpaired) electrons. The van der Waals surface area contributed by atoms with Gasteiger partial charge in [-0.05, 0) is 36.3 Å². The molecule has 1 heterocycles. The average Bonchev–Trinajstić information content (AvgIpc) is 2.64. The van der Waals surface area contributed by atoms with Gasteiger partial charge in [0.05, 0.1) is 6.20 Å². The van der Waals surface area contributed by atoms with Gasteiger partial charge >= 0.3 is 0 Å². The smallest absolute Gasteiger partial charge is 0.141 e. The summed E-state index contributed by atoms with van der Waals surface area (Å²) in [6.45, 7) is 2.25. The lowest BCUT2D eigenvalue weighted by molar-refractivity contribution is 0.426. The maximum absolute atomic E-state index is 13.0. The number of rotatable bonds is 2.